The van der Waals surface area contributed by atoms with E-state index >= 15 is 0 Å². The van der Waals surface area contributed by atoms with Crippen molar-refractivity contribution in [3.63, 3.8) is 0 Å². The second kappa shape index (κ2) is 5.88. The Morgan fingerprint density at radius 3 is 2.77 bits per heavy atom. The zero-order valence-electron chi connectivity index (χ0n) is 11.8. The topological polar surface area (TPSA) is 55.6 Å². The van der Waals surface area contributed by atoms with Crippen LogP contribution in [0.3, 0.4) is 0 Å². The van der Waals surface area contributed by atoms with Gasteiger partial charge in [-0.05, 0) is 31.2 Å². The fraction of sp³-hybridized carbons (Fsp3) is 0.133. The quantitative estimate of drug-likeness (QED) is 0.805. The maximum absolute atomic E-state index is 13.2. The van der Waals surface area contributed by atoms with Crippen LogP contribution in [0, 0.1) is 18.6 Å². The largest absolute Gasteiger partial charge is 0.379 e. The third kappa shape index (κ3) is 3.08. The second-order valence-electron chi connectivity index (χ2n) is 4.79. The Bertz CT molecular complexity index is 800. The van der Waals surface area contributed by atoms with E-state index in [0.29, 0.717) is 17.9 Å². The number of nitrogens with one attached hydrogen (secondary N) is 1. The number of hydrogen-bond acceptors (Lipinski definition) is 4. The lowest BCUT2D eigenvalue weighted by atomic mass is 10.3. The Kier molecular flexibility index (Phi) is 3.78. The molecule has 0 saturated heterocycles. The van der Waals surface area contributed by atoms with Crippen molar-refractivity contribution < 1.29 is 8.78 Å². The lowest BCUT2D eigenvalue weighted by Crippen LogP contribution is -2.00. The van der Waals surface area contributed by atoms with Gasteiger partial charge in [0.15, 0.2) is 11.6 Å². The van der Waals surface area contributed by atoms with Crippen LogP contribution in [0.25, 0.3) is 5.69 Å². The van der Waals surface area contributed by atoms with Gasteiger partial charge in [0, 0.05) is 23.6 Å². The average molecular weight is 301 g/mol. The van der Waals surface area contributed by atoms with E-state index in [4.69, 9.17) is 0 Å². The molecule has 0 bridgehead atoms. The van der Waals surface area contributed by atoms with Crippen LogP contribution < -0.4 is 5.32 Å². The molecule has 1 N–H and O–H groups in total. The molecule has 0 aliphatic heterocycles. The SMILES string of the molecule is Cc1cc(NCc2cn(-c3ccc(F)c(F)c3)nn2)ccn1. The first-order chi connectivity index (χ1) is 10.6. The standard InChI is InChI=1S/C15H13F2N5/c1-10-6-11(4-5-18-10)19-8-12-9-22(21-20-12)13-2-3-14(16)15(17)7-13/h2-7,9H,8H2,1H3,(H,18,19). The van der Waals surface area contributed by atoms with Gasteiger partial charge in [-0.15, -0.1) is 5.10 Å². The molecule has 3 aromatic rings. The van der Waals surface area contributed by atoms with Gasteiger partial charge in [-0.3, -0.25) is 4.98 Å². The van der Waals surface area contributed by atoms with Crippen molar-refractivity contribution in [2.75, 3.05) is 5.32 Å². The van der Waals surface area contributed by atoms with Crippen LogP contribution >= 0.6 is 0 Å². The molecule has 3 rings (SSSR count). The molecular weight excluding hydrogens is 288 g/mol. The second-order valence-corrected chi connectivity index (χ2v) is 4.79. The molecule has 112 valence electrons. The summed E-state index contributed by atoms with van der Waals surface area (Å²) < 4.78 is 27.5. The van der Waals surface area contributed by atoms with Crippen molar-refractivity contribution in [1.29, 1.82) is 0 Å². The maximum atomic E-state index is 13.2. The molecule has 22 heavy (non-hydrogen) atoms. The number of aromatic nitrogens is 4. The van der Waals surface area contributed by atoms with Crippen molar-refractivity contribution in [3.05, 3.63) is 65.7 Å². The van der Waals surface area contributed by atoms with Gasteiger partial charge in [0.2, 0.25) is 0 Å². The number of benzene rings is 1. The lowest BCUT2D eigenvalue weighted by molar-refractivity contribution is 0.507. The zero-order valence-corrected chi connectivity index (χ0v) is 11.8. The summed E-state index contributed by atoms with van der Waals surface area (Å²) in [5, 5.41) is 11.1. The van der Waals surface area contributed by atoms with Crippen LogP contribution in [0.15, 0.2) is 42.7 Å². The van der Waals surface area contributed by atoms with Gasteiger partial charge in [0.05, 0.1) is 18.4 Å². The molecule has 0 aliphatic carbocycles. The molecule has 0 radical (unpaired) electrons. The van der Waals surface area contributed by atoms with Gasteiger partial charge in [-0.25, -0.2) is 13.5 Å². The minimum atomic E-state index is -0.917. The number of pyridine rings is 1. The molecule has 1 aromatic carbocycles. The van der Waals surface area contributed by atoms with Crippen molar-refractivity contribution >= 4 is 5.69 Å². The molecule has 0 saturated carbocycles. The van der Waals surface area contributed by atoms with Crippen molar-refractivity contribution in [2.45, 2.75) is 13.5 Å². The average Bonchev–Trinajstić information content (AvgIpc) is 2.97. The van der Waals surface area contributed by atoms with Gasteiger partial charge < -0.3 is 5.32 Å². The first kappa shape index (κ1) is 14.1. The van der Waals surface area contributed by atoms with Gasteiger partial charge in [0.1, 0.15) is 5.69 Å². The number of halogens is 2. The summed E-state index contributed by atoms with van der Waals surface area (Å²) in [5.41, 5.74) is 2.93. The smallest absolute Gasteiger partial charge is 0.160 e. The number of aryl methyl sites for hydroxylation is 1. The third-order valence-electron chi connectivity index (χ3n) is 3.08. The van der Waals surface area contributed by atoms with E-state index in [1.54, 1.807) is 12.4 Å². The van der Waals surface area contributed by atoms with Crippen LogP contribution in [0.1, 0.15) is 11.4 Å². The Balaban J connectivity index is 1.72. The fourth-order valence-corrected chi connectivity index (χ4v) is 1.98. The summed E-state index contributed by atoms with van der Waals surface area (Å²) >= 11 is 0. The number of hydrogen-bond donors (Lipinski definition) is 1. The fourth-order valence-electron chi connectivity index (χ4n) is 1.98. The molecular formula is C15H13F2N5. The molecule has 0 unspecified atom stereocenters. The first-order valence-electron chi connectivity index (χ1n) is 6.65. The van der Waals surface area contributed by atoms with Crippen LogP contribution in [-0.2, 0) is 6.54 Å². The van der Waals surface area contributed by atoms with Crippen LogP contribution in [0.2, 0.25) is 0 Å². The number of nitrogens with zero attached hydrogens (tertiary/aromatic N) is 4. The van der Waals surface area contributed by atoms with Crippen LogP contribution in [0.5, 0.6) is 0 Å². The normalized spacial score (nSPS) is 10.7. The molecule has 0 atom stereocenters. The van der Waals surface area contributed by atoms with E-state index in [9.17, 15) is 8.78 Å². The maximum Gasteiger partial charge on any atom is 0.160 e. The highest BCUT2D eigenvalue weighted by atomic mass is 19.2. The summed E-state index contributed by atoms with van der Waals surface area (Å²) in [6.45, 7) is 2.37. The van der Waals surface area contributed by atoms with Crippen molar-refractivity contribution in [3.8, 4) is 5.69 Å². The molecule has 0 aliphatic rings. The Hall–Kier alpha value is -2.83. The number of anilines is 1. The van der Waals surface area contributed by atoms with Crippen LogP contribution in [-0.4, -0.2) is 20.0 Å². The van der Waals surface area contributed by atoms with E-state index in [1.165, 1.54) is 10.7 Å². The van der Waals surface area contributed by atoms with Gasteiger partial charge >= 0.3 is 0 Å². The molecule has 2 aromatic heterocycles. The summed E-state index contributed by atoms with van der Waals surface area (Å²) in [6.07, 6.45) is 3.38. The molecule has 0 amide bonds. The monoisotopic (exact) mass is 301 g/mol. The van der Waals surface area contributed by atoms with Crippen molar-refractivity contribution in [1.82, 2.24) is 20.0 Å². The highest BCUT2D eigenvalue weighted by Gasteiger charge is 2.07. The van der Waals surface area contributed by atoms with E-state index in [1.807, 2.05) is 19.1 Å². The summed E-state index contributed by atoms with van der Waals surface area (Å²) in [5.74, 6) is -1.81. The third-order valence-corrected chi connectivity index (χ3v) is 3.08. The predicted octanol–water partition coefficient (Wildman–Crippen LogP) is 2.86. The van der Waals surface area contributed by atoms with Gasteiger partial charge in [-0.2, -0.15) is 0 Å². The zero-order chi connectivity index (χ0) is 15.5. The van der Waals surface area contributed by atoms with Gasteiger partial charge in [-0.1, -0.05) is 5.21 Å². The minimum absolute atomic E-state index is 0.414. The van der Waals surface area contributed by atoms with Gasteiger partial charge in [0.25, 0.3) is 0 Å². The van der Waals surface area contributed by atoms with E-state index < -0.39 is 11.6 Å². The molecule has 0 fully saturated rings. The molecule has 0 spiro atoms. The van der Waals surface area contributed by atoms with E-state index in [-0.39, 0.29) is 0 Å². The van der Waals surface area contributed by atoms with Crippen LogP contribution in [0.4, 0.5) is 14.5 Å². The predicted molar refractivity (Wildman–Crippen MR) is 77.6 cm³/mol. The Morgan fingerprint density at radius 1 is 1.14 bits per heavy atom. The molecule has 7 heteroatoms. The Labute approximate surface area is 125 Å². The number of rotatable bonds is 4. The van der Waals surface area contributed by atoms with E-state index in [0.717, 1.165) is 23.5 Å². The molecule has 2 heterocycles. The Morgan fingerprint density at radius 2 is 2.00 bits per heavy atom. The highest BCUT2D eigenvalue weighted by Crippen LogP contribution is 2.13. The van der Waals surface area contributed by atoms with E-state index in [2.05, 4.69) is 20.6 Å². The van der Waals surface area contributed by atoms with Crippen molar-refractivity contribution in [2.24, 2.45) is 0 Å². The lowest BCUT2D eigenvalue weighted by Gasteiger charge is -2.04. The summed E-state index contributed by atoms with van der Waals surface area (Å²) in [4.78, 5) is 4.12. The minimum Gasteiger partial charge on any atom is -0.379 e. The first-order valence-corrected chi connectivity index (χ1v) is 6.65. The summed E-state index contributed by atoms with van der Waals surface area (Å²) in [7, 11) is 0. The highest BCUT2D eigenvalue weighted by molar-refractivity contribution is 5.43. The molecule has 5 nitrogen and oxygen atoms in total. The summed E-state index contributed by atoms with van der Waals surface area (Å²) in [6, 6.07) is 7.35.